The van der Waals surface area contributed by atoms with Gasteiger partial charge in [-0.25, -0.2) is 4.68 Å². The second kappa shape index (κ2) is 6.04. The van der Waals surface area contributed by atoms with Gasteiger partial charge < -0.3 is 0 Å². The van der Waals surface area contributed by atoms with Crippen molar-refractivity contribution < 1.29 is 0 Å². The van der Waals surface area contributed by atoms with Crippen molar-refractivity contribution in [3.63, 3.8) is 0 Å². The first-order valence-electron chi connectivity index (χ1n) is 7.60. The number of hydrogen-bond acceptors (Lipinski definition) is 3. The van der Waals surface area contributed by atoms with Crippen LogP contribution < -0.4 is 0 Å². The van der Waals surface area contributed by atoms with Gasteiger partial charge in [-0.05, 0) is 30.6 Å². The van der Waals surface area contributed by atoms with Crippen LogP contribution in [0.3, 0.4) is 0 Å². The summed E-state index contributed by atoms with van der Waals surface area (Å²) >= 11 is 0. The molecule has 0 atom stereocenters. The molecule has 2 heterocycles. The second-order valence-electron chi connectivity index (χ2n) is 6.90. The second-order valence-corrected chi connectivity index (χ2v) is 6.90. The molecule has 4 nitrogen and oxygen atoms in total. The quantitative estimate of drug-likeness (QED) is 0.838. The van der Waals surface area contributed by atoms with Gasteiger partial charge in [0.05, 0.1) is 12.4 Å². The summed E-state index contributed by atoms with van der Waals surface area (Å²) in [7, 11) is 0. The monoisotopic (exact) mass is 264 g/mol. The Morgan fingerprint density at radius 2 is 1.95 bits per heavy atom. The molecule has 1 aromatic rings. The average Bonchev–Trinajstić information content (AvgIpc) is 2.77. The van der Waals surface area contributed by atoms with Crippen LogP contribution in [-0.2, 0) is 13.1 Å². The van der Waals surface area contributed by atoms with Crippen LogP contribution in [0.1, 0.15) is 52.7 Å². The van der Waals surface area contributed by atoms with Gasteiger partial charge in [-0.15, -0.1) is 5.10 Å². The Bertz CT molecular complexity index is 383. The lowest BCUT2D eigenvalue weighted by Gasteiger charge is -2.38. The van der Waals surface area contributed by atoms with E-state index >= 15 is 0 Å². The number of aryl methyl sites for hydroxylation is 1. The van der Waals surface area contributed by atoms with Gasteiger partial charge in [0.25, 0.3) is 0 Å². The molecule has 1 saturated heterocycles. The number of likely N-dealkylation sites (tertiary alicyclic amines) is 1. The summed E-state index contributed by atoms with van der Waals surface area (Å²) in [5, 5.41) is 8.43. The lowest BCUT2D eigenvalue weighted by atomic mass is 9.75. The number of nitrogens with zero attached hydrogens (tertiary/aromatic N) is 4. The molecule has 0 unspecified atom stereocenters. The Morgan fingerprint density at radius 1 is 1.26 bits per heavy atom. The zero-order valence-electron chi connectivity index (χ0n) is 12.9. The van der Waals surface area contributed by atoms with Crippen LogP contribution in [-0.4, -0.2) is 33.0 Å². The summed E-state index contributed by atoms with van der Waals surface area (Å²) in [5.41, 5.74) is 1.57. The minimum Gasteiger partial charge on any atom is -0.284 e. The number of aromatic nitrogens is 3. The minimum absolute atomic E-state index is 0.452. The summed E-state index contributed by atoms with van der Waals surface area (Å²) in [6.07, 6.45) is 6.88. The van der Waals surface area contributed by atoms with Gasteiger partial charge >= 0.3 is 0 Å². The summed E-state index contributed by atoms with van der Waals surface area (Å²) < 4.78 is 1.99. The van der Waals surface area contributed by atoms with Gasteiger partial charge in [-0.2, -0.15) is 0 Å². The van der Waals surface area contributed by atoms with Gasteiger partial charge in [0.15, 0.2) is 0 Å². The summed E-state index contributed by atoms with van der Waals surface area (Å²) in [6, 6.07) is 0. The molecule has 0 aromatic carbocycles. The normalized spacial score (nSPS) is 18.9. The van der Waals surface area contributed by atoms with Crippen LogP contribution in [0.15, 0.2) is 6.20 Å². The van der Waals surface area contributed by atoms with E-state index in [0.29, 0.717) is 5.41 Å². The highest BCUT2D eigenvalue weighted by Gasteiger charge is 2.28. The lowest BCUT2D eigenvalue weighted by molar-refractivity contribution is 0.0882. The molecule has 0 N–H and O–H groups in total. The van der Waals surface area contributed by atoms with E-state index in [0.717, 1.165) is 31.1 Å². The largest absolute Gasteiger partial charge is 0.284 e. The van der Waals surface area contributed by atoms with Gasteiger partial charge in [-0.1, -0.05) is 39.3 Å². The van der Waals surface area contributed by atoms with Crippen LogP contribution in [0.2, 0.25) is 0 Å². The van der Waals surface area contributed by atoms with Gasteiger partial charge in [0, 0.05) is 19.3 Å². The Labute approximate surface area is 117 Å². The minimum atomic E-state index is 0.452. The van der Waals surface area contributed by atoms with Crippen molar-refractivity contribution in [3.05, 3.63) is 11.9 Å². The van der Waals surface area contributed by atoms with Gasteiger partial charge in [0.2, 0.25) is 0 Å². The molecule has 0 radical (unpaired) electrons. The van der Waals surface area contributed by atoms with Crippen molar-refractivity contribution in [2.24, 2.45) is 11.3 Å². The molecule has 1 fully saturated rings. The fourth-order valence-corrected chi connectivity index (χ4v) is 2.92. The topological polar surface area (TPSA) is 34.0 Å². The smallest absolute Gasteiger partial charge is 0.0946 e. The molecule has 0 saturated carbocycles. The van der Waals surface area contributed by atoms with Crippen molar-refractivity contribution in [2.45, 2.75) is 60.0 Å². The van der Waals surface area contributed by atoms with E-state index < -0.39 is 0 Å². The highest BCUT2D eigenvalue weighted by molar-refractivity contribution is 4.91. The first kappa shape index (κ1) is 14.5. The number of piperidine rings is 1. The molecule has 0 bridgehead atoms. The average molecular weight is 264 g/mol. The molecule has 2 rings (SSSR count). The van der Waals surface area contributed by atoms with Gasteiger partial charge in [-0.3, -0.25) is 4.90 Å². The van der Waals surface area contributed by atoms with E-state index in [4.69, 9.17) is 0 Å². The highest BCUT2D eigenvalue weighted by Crippen LogP contribution is 2.34. The maximum Gasteiger partial charge on any atom is 0.0946 e. The zero-order chi connectivity index (χ0) is 13.9. The first-order valence-corrected chi connectivity index (χ1v) is 7.60. The molecule has 0 amide bonds. The number of hydrogen-bond donors (Lipinski definition) is 0. The van der Waals surface area contributed by atoms with Crippen LogP contribution in [0.4, 0.5) is 0 Å². The Morgan fingerprint density at radius 3 is 2.53 bits per heavy atom. The Balaban J connectivity index is 1.82. The first-order chi connectivity index (χ1) is 8.99. The van der Waals surface area contributed by atoms with Crippen LogP contribution >= 0.6 is 0 Å². The third kappa shape index (κ3) is 4.03. The van der Waals surface area contributed by atoms with E-state index in [1.807, 2.05) is 4.68 Å². The molecule has 108 valence electrons. The SMILES string of the molecule is CCCc1cn(CN2CCC(C(C)(C)C)CC2)nn1. The maximum absolute atomic E-state index is 4.22. The van der Waals surface area contributed by atoms with E-state index in [1.54, 1.807) is 0 Å². The van der Waals surface area contributed by atoms with Gasteiger partial charge in [0.1, 0.15) is 0 Å². The lowest BCUT2D eigenvalue weighted by Crippen LogP contribution is -2.38. The summed E-state index contributed by atoms with van der Waals surface area (Å²) in [4.78, 5) is 2.49. The zero-order valence-corrected chi connectivity index (χ0v) is 12.9. The molecule has 0 spiro atoms. The molecule has 1 aliphatic rings. The molecule has 0 aliphatic carbocycles. The highest BCUT2D eigenvalue weighted by atomic mass is 15.5. The molecule has 4 heteroatoms. The molecule has 1 aromatic heterocycles. The predicted molar refractivity (Wildman–Crippen MR) is 77.8 cm³/mol. The summed E-state index contributed by atoms with van der Waals surface area (Å²) in [5.74, 6) is 0.857. The molecular weight excluding hydrogens is 236 g/mol. The third-order valence-corrected chi connectivity index (χ3v) is 4.25. The predicted octanol–water partition coefficient (Wildman–Crippen LogP) is 2.95. The van der Waals surface area contributed by atoms with E-state index in [9.17, 15) is 0 Å². The maximum atomic E-state index is 4.22. The van der Waals surface area contributed by atoms with Crippen molar-refractivity contribution in [3.8, 4) is 0 Å². The van der Waals surface area contributed by atoms with Crippen molar-refractivity contribution in [2.75, 3.05) is 13.1 Å². The third-order valence-electron chi connectivity index (χ3n) is 4.25. The fourth-order valence-electron chi connectivity index (χ4n) is 2.92. The van der Waals surface area contributed by atoms with E-state index in [-0.39, 0.29) is 0 Å². The number of rotatable bonds is 4. The Hall–Kier alpha value is -0.900. The Kier molecular flexibility index (Phi) is 4.61. The van der Waals surface area contributed by atoms with Crippen molar-refractivity contribution in [1.29, 1.82) is 0 Å². The fraction of sp³-hybridized carbons (Fsp3) is 0.867. The van der Waals surface area contributed by atoms with Crippen molar-refractivity contribution in [1.82, 2.24) is 19.9 Å². The molecular formula is C15H28N4. The standard InChI is InChI=1S/C15H28N4/c1-5-6-14-11-19(17-16-14)12-18-9-7-13(8-10-18)15(2,3)4/h11,13H,5-10,12H2,1-4H3. The van der Waals surface area contributed by atoms with Crippen molar-refractivity contribution >= 4 is 0 Å². The van der Waals surface area contributed by atoms with Crippen LogP contribution in [0.5, 0.6) is 0 Å². The van der Waals surface area contributed by atoms with Crippen LogP contribution in [0, 0.1) is 11.3 Å². The molecule has 1 aliphatic heterocycles. The summed E-state index contributed by atoms with van der Waals surface area (Å²) in [6.45, 7) is 12.5. The van der Waals surface area contributed by atoms with E-state index in [2.05, 4.69) is 49.1 Å². The van der Waals surface area contributed by atoms with E-state index in [1.165, 1.54) is 25.9 Å². The molecule has 19 heavy (non-hydrogen) atoms. The van der Waals surface area contributed by atoms with Crippen LogP contribution in [0.25, 0.3) is 0 Å².